The van der Waals surface area contributed by atoms with Crippen LogP contribution in [0.2, 0.25) is 0 Å². The van der Waals surface area contributed by atoms with E-state index in [0.717, 1.165) is 12.8 Å². The second-order valence-electron chi connectivity index (χ2n) is 4.53. The standard InChI is InChI=1S/C10H20O2/c1-10(2,9(11)12)8-6-4-3-5-7-8/h8-9,11-12H,3-7H2,1-2H3. The minimum absolute atomic E-state index is 0.319. The highest BCUT2D eigenvalue weighted by molar-refractivity contribution is 4.82. The van der Waals surface area contributed by atoms with Gasteiger partial charge in [-0.05, 0) is 18.8 Å². The molecule has 12 heavy (non-hydrogen) atoms. The number of hydrogen-bond acceptors (Lipinski definition) is 2. The summed E-state index contributed by atoms with van der Waals surface area (Å²) >= 11 is 0. The summed E-state index contributed by atoms with van der Waals surface area (Å²) in [7, 11) is 0. The molecule has 1 fully saturated rings. The molecule has 0 amide bonds. The SMILES string of the molecule is CC(C)(C(O)O)C1CCCCC1. The number of rotatable bonds is 2. The third-order valence-electron chi connectivity index (χ3n) is 3.32. The number of aliphatic hydroxyl groups excluding tert-OH is 1. The lowest BCUT2D eigenvalue weighted by molar-refractivity contribution is -0.147. The second-order valence-corrected chi connectivity index (χ2v) is 4.53. The first-order valence-corrected chi connectivity index (χ1v) is 4.91. The van der Waals surface area contributed by atoms with Crippen molar-refractivity contribution in [3.63, 3.8) is 0 Å². The largest absolute Gasteiger partial charge is 0.368 e. The van der Waals surface area contributed by atoms with Crippen molar-refractivity contribution in [1.29, 1.82) is 0 Å². The van der Waals surface area contributed by atoms with Gasteiger partial charge in [0, 0.05) is 5.41 Å². The predicted molar refractivity (Wildman–Crippen MR) is 48.6 cm³/mol. The minimum atomic E-state index is -1.17. The molecule has 0 spiro atoms. The van der Waals surface area contributed by atoms with Crippen LogP contribution in [0.4, 0.5) is 0 Å². The first-order valence-electron chi connectivity index (χ1n) is 4.91. The Hall–Kier alpha value is -0.0800. The topological polar surface area (TPSA) is 40.5 Å². The van der Waals surface area contributed by atoms with Gasteiger partial charge in [-0.25, -0.2) is 0 Å². The molecule has 1 rings (SSSR count). The Balaban J connectivity index is 2.53. The second kappa shape index (κ2) is 3.75. The smallest absolute Gasteiger partial charge is 0.156 e. The van der Waals surface area contributed by atoms with Crippen molar-refractivity contribution in [2.45, 2.75) is 52.2 Å². The van der Waals surface area contributed by atoms with Gasteiger partial charge >= 0.3 is 0 Å². The van der Waals surface area contributed by atoms with E-state index in [1.54, 1.807) is 0 Å². The first kappa shape index (κ1) is 10.0. The van der Waals surface area contributed by atoms with Crippen LogP contribution in [0.15, 0.2) is 0 Å². The average molecular weight is 172 g/mol. The monoisotopic (exact) mass is 172 g/mol. The number of hydrogen-bond donors (Lipinski definition) is 2. The summed E-state index contributed by atoms with van der Waals surface area (Å²) in [4.78, 5) is 0. The molecule has 0 atom stereocenters. The van der Waals surface area contributed by atoms with Gasteiger partial charge in [0.05, 0.1) is 0 Å². The molecule has 0 saturated heterocycles. The summed E-state index contributed by atoms with van der Waals surface area (Å²) in [5.74, 6) is 0.492. The van der Waals surface area contributed by atoms with Gasteiger partial charge < -0.3 is 10.2 Å². The highest BCUT2D eigenvalue weighted by Crippen LogP contribution is 2.39. The third-order valence-corrected chi connectivity index (χ3v) is 3.32. The lowest BCUT2D eigenvalue weighted by atomic mass is 9.71. The Morgan fingerprint density at radius 2 is 1.58 bits per heavy atom. The normalized spacial score (nSPS) is 21.8. The van der Waals surface area contributed by atoms with E-state index in [4.69, 9.17) is 0 Å². The van der Waals surface area contributed by atoms with Gasteiger partial charge in [-0.1, -0.05) is 33.1 Å². The van der Waals surface area contributed by atoms with Crippen LogP contribution < -0.4 is 0 Å². The van der Waals surface area contributed by atoms with E-state index in [-0.39, 0.29) is 5.41 Å². The Bertz CT molecular complexity index is 135. The van der Waals surface area contributed by atoms with Crippen molar-refractivity contribution < 1.29 is 10.2 Å². The Kier molecular flexibility index (Phi) is 3.13. The van der Waals surface area contributed by atoms with E-state index >= 15 is 0 Å². The van der Waals surface area contributed by atoms with E-state index in [2.05, 4.69) is 0 Å². The zero-order chi connectivity index (χ0) is 9.19. The summed E-state index contributed by atoms with van der Waals surface area (Å²) in [6.07, 6.45) is 4.96. The van der Waals surface area contributed by atoms with Crippen LogP contribution in [0.3, 0.4) is 0 Å². The van der Waals surface area contributed by atoms with Crippen LogP contribution in [-0.4, -0.2) is 16.5 Å². The maximum atomic E-state index is 9.19. The summed E-state index contributed by atoms with van der Waals surface area (Å²) < 4.78 is 0. The summed E-state index contributed by atoms with van der Waals surface area (Å²) in [6.45, 7) is 3.90. The average Bonchev–Trinajstić information content (AvgIpc) is 2.06. The highest BCUT2D eigenvalue weighted by atomic mass is 16.5. The van der Waals surface area contributed by atoms with Gasteiger partial charge in [0.25, 0.3) is 0 Å². The molecule has 0 aromatic heterocycles. The predicted octanol–water partition coefficient (Wildman–Crippen LogP) is 1.90. The van der Waals surface area contributed by atoms with Gasteiger partial charge in [-0.15, -0.1) is 0 Å². The Labute approximate surface area is 74.6 Å². The van der Waals surface area contributed by atoms with Crippen molar-refractivity contribution in [2.24, 2.45) is 11.3 Å². The Morgan fingerprint density at radius 3 is 2.00 bits per heavy atom. The molecule has 0 aromatic rings. The van der Waals surface area contributed by atoms with E-state index in [1.165, 1.54) is 19.3 Å². The molecule has 2 nitrogen and oxygen atoms in total. The maximum Gasteiger partial charge on any atom is 0.156 e. The Morgan fingerprint density at radius 1 is 1.08 bits per heavy atom. The molecule has 0 unspecified atom stereocenters. The van der Waals surface area contributed by atoms with E-state index < -0.39 is 6.29 Å². The van der Waals surface area contributed by atoms with Gasteiger partial charge in [-0.2, -0.15) is 0 Å². The van der Waals surface area contributed by atoms with Gasteiger partial charge in [-0.3, -0.25) is 0 Å². The molecule has 0 heterocycles. The molecule has 0 aromatic carbocycles. The molecule has 0 aliphatic heterocycles. The van der Waals surface area contributed by atoms with Crippen LogP contribution in [-0.2, 0) is 0 Å². The molecular formula is C10H20O2. The lowest BCUT2D eigenvalue weighted by Crippen LogP contribution is -2.37. The van der Waals surface area contributed by atoms with Gasteiger partial charge in [0.15, 0.2) is 6.29 Å². The summed E-state index contributed by atoms with van der Waals surface area (Å²) in [6, 6.07) is 0. The maximum absolute atomic E-state index is 9.19. The lowest BCUT2D eigenvalue weighted by Gasteiger charge is -2.38. The molecule has 1 aliphatic rings. The van der Waals surface area contributed by atoms with E-state index in [1.807, 2.05) is 13.8 Å². The molecule has 0 radical (unpaired) electrons. The van der Waals surface area contributed by atoms with Crippen LogP contribution in [0.1, 0.15) is 46.0 Å². The summed E-state index contributed by atoms with van der Waals surface area (Å²) in [5, 5.41) is 18.4. The van der Waals surface area contributed by atoms with Crippen molar-refractivity contribution >= 4 is 0 Å². The van der Waals surface area contributed by atoms with Crippen molar-refractivity contribution in [2.75, 3.05) is 0 Å². The molecular weight excluding hydrogens is 152 g/mol. The fourth-order valence-electron chi connectivity index (χ4n) is 2.06. The molecule has 2 N–H and O–H groups in total. The van der Waals surface area contributed by atoms with Gasteiger partial charge in [0.1, 0.15) is 0 Å². The fourth-order valence-corrected chi connectivity index (χ4v) is 2.06. The van der Waals surface area contributed by atoms with Crippen LogP contribution >= 0.6 is 0 Å². The van der Waals surface area contributed by atoms with Crippen LogP contribution in [0.5, 0.6) is 0 Å². The molecule has 1 aliphatic carbocycles. The third kappa shape index (κ3) is 1.99. The highest BCUT2D eigenvalue weighted by Gasteiger charge is 2.35. The quantitative estimate of drug-likeness (QED) is 0.625. The zero-order valence-electron chi connectivity index (χ0n) is 8.08. The van der Waals surface area contributed by atoms with Crippen LogP contribution in [0, 0.1) is 11.3 Å². The van der Waals surface area contributed by atoms with E-state index in [9.17, 15) is 10.2 Å². The summed E-state index contributed by atoms with van der Waals surface area (Å²) in [5.41, 5.74) is -0.319. The first-order chi connectivity index (χ1) is 5.55. The molecule has 72 valence electrons. The van der Waals surface area contributed by atoms with Gasteiger partial charge in [0.2, 0.25) is 0 Å². The molecule has 2 heteroatoms. The minimum Gasteiger partial charge on any atom is -0.368 e. The van der Waals surface area contributed by atoms with E-state index in [0.29, 0.717) is 5.92 Å². The fraction of sp³-hybridized carbons (Fsp3) is 1.00. The molecule has 1 saturated carbocycles. The number of aliphatic hydroxyl groups is 2. The van der Waals surface area contributed by atoms with Crippen LogP contribution in [0.25, 0.3) is 0 Å². The van der Waals surface area contributed by atoms with Crippen molar-refractivity contribution in [3.05, 3.63) is 0 Å². The molecule has 0 bridgehead atoms. The van der Waals surface area contributed by atoms with Crippen molar-refractivity contribution in [3.8, 4) is 0 Å². The van der Waals surface area contributed by atoms with Crippen molar-refractivity contribution in [1.82, 2.24) is 0 Å². The zero-order valence-corrected chi connectivity index (χ0v) is 8.08.